The smallest absolute Gasteiger partial charge is 0.0429 e. The summed E-state index contributed by atoms with van der Waals surface area (Å²) in [5.41, 5.74) is 7.88. The topological polar surface area (TPSA) is 3.24 Å². The highest BCUT2D eigenvalue weighted by molar-refractivity contribution is 5.65. The number of benzene rings is 1. The van der Waals surface area contributed by atoms with Gasteiger partial charge in [-0.15, -0.1) is 0 Å². The quantitative estimate of drug-likeness (QED) is 0.705. The SMILES string of the molecule is CCC1(C)Cc2c(C)c(C)cc(C)c2N(C)C1. The number of fused-ring (bicyclic) bond motifs is 1. The number of nitrogens with zero attached hydrogens (tertiary/aromatic N) is 1. The van der Waals surface area contributed by atoms with Crippen LogP contribution in [-0.2, 0) is 6.42 Å². The molecule has 1 aliphatic rings. The molecule has 1 atom stereocenters. The van der Waals surface area contributed by atoms with E-state index in [1.54, 1.807) is 5.56 Å². The third kappa shape index (κ3) is 1.96. The average molecular weight is 231 g/mol. The zero-order chi connectivity index (χ0) is 12.8. The minimum absolute atomic E-state index is 0.437. The Labute approximate surface area is 106 Å². The highest BCUT2D eigenvalue weighted by Gasteiger charge is 2.33. The van der Waals surface area contributed by atoms with Gasteiger partial charge in [-0.3, -0.25) is 0 Å². The molecule has 2 rings (SSSR count). The fourth-order valence-corrected chi connectivity index (χ4v) is 3.27. The highest BCUT2D eigenvalue weighted by atomic mass is 15.1. The van der Waals surface area contributed by atoms with Gasteiger partial charge < -0.3 is 4.90 Å². The maximum Gasteiger partial charge on any atom is 0.0429 e. The van der Waals surface area contributed by atoms with E-state index in [1.165, 1.54) is 41.8 Å². The minimum atomic E-state index is 0.437. The summed E-state index contributed by atoms with van der Waals surface area (Å²) in [5, 5.41) is 0. The Morgan fingerprint density at radius 3 is 2.47 bits per heavy atom. The summed E-state index contributed by atoms with van der Waals surface area (Å²) >= 11 is 0. The Morgan fingerprint density at radius 1 is 1.24 bits per heavy atom. The normalized spacial score (nSPS) is 23.8. The summed E-state index contributed by atoms with van der Waals surface area (Å²) in [6.07, 6.45) is 2.49. The van der Waals surface area contributed by atoms with Gasteiger partial charge in [0.25, 0.3) is 0 Å². The first-order valence-corrected chi connectivity index (χ1v) is 6.69. The molecule has 0 saturated heterocycles. The van der Waals surface area contributed by atoms with E-state index in [9.17, 15) is 0 Å². The Bertz CT molecular complexity index is 447. The van der Waals surface area contributed by atoms with Crippen LogP contribution < -0.4 is 4.90 Å². The summed E-state index contributed by atoms with van der Waals surface area (Å²) in [4.78, 5) is 2.46. The predicted octanol–water partition coefficient (Wildman–Crippen LogP) is 4.02. The molecule has 1 heteroatoms. The van der Waals surface area contributed by atoms with Gasteiger partial charge in [0.1, 0.15) is 0 Å². The van der Waals surface area contributed by atoms with Gasteiger partial charge in [0.2, 0.25) is 0 Å². The van der Waals surface area contributed by atoms with Crippen LogP contribution in [0.4, 0.5) is 5.69 Å². The van der Waals surface area contributed by atoms with Crippen molar-refractivity contribution in [1.82, 2.24) is 0 Å². The van der Waals surface area contributed by atoms with Crippen molar-refractivity contribution in [3.05, 3.63) is 28.3 Å². The first-order chi connectivity index (χ1) is 7.88. The molecule has 1 aliphatic heterocycles. The van der Waals surface area contributed by atoms with Crippen molar-refractivity contribution in [3.8, 4) is 0 Å². The number of hydrogen-bond acceptors (Lipinski definition) is 1. The van der Waals surface area contributed by atoms with Gasteiger partial charge >= 0.3 is 0 Å². The van der Waals surface area contributed by atoms with E-state index in [4.69, 9.17) is 0 Å². The molecular formula is C16H25N. The van der Waals surface area contributed by atoms with E-state index in [-0.39, 0.29) is 0 Å². The van der Waals surface area contributed by atoms with Crippen molar-refractivity contribution in [3.63, 3.8) is 0 Å². The maximum absolute atomic E-state index is 2.46. The van der Waals surface area contributed by atoms with E-state index in [2.05, 4.69) is 52.6 Å². The third-order valence-corrected chi connectivity index (χ3v) is 4.59. The summed E-state index contributed by atoms with van der Waals surface area (Å²) in [6.45, 7) is 12.7. The first kappa shape index (κ1) is 12.5. The lowest BCUT2D eigenvalue weighted by Gasteiger charge is -2.42. The van der Waals surface area contributed by atoms with Crippen molar-refractivity contribution in [1.29, 1.82) is 0 Å². The van der Waals surface area contributed by atoms with Crippen molar-refractivity contribution >= 4 is 5.69 Å². The lowest BCUT2D eigenvalue weighted by Crippen LogP contribution is -2.40. The third-order valence-electron chi connectivity index (χ3n) is 4.59. The molecule has 0 fully saturated rings. The number of aryl methyl sites for hydroxylation is 2. The number of rotatable bonds is 1. The lowest BCUT2D eigenvalue weighted by atomic mass is 9.75. The van der Waals surface area contributed by atoms with E-state index < -0.39 is 0 Å². The number of anilines is 1. The van der Waals surface area contributed by atoms with E-state index in [0.29, 0.717) is 5.41 Å². The summed E-state index contributed by atoms with van der Waals surface area (Å²) in [6, 6.07) is 2.33. The van der Waals surface area contributed by atoms with E-state index in [1.807, 2.05) is 0 Å². The van der Waals surface area contributed by atoms with Crippen LogP contribution in [-0.4, -0.2) is 13.6 Å². The van der Waals surface area contributed by atoms with Gasteiger partial charge in [-0.05, 0) is 61.3 Å². The molecule has 0 N–H and O–H groups in total. The molecule has 1 unspecified atom stereocenters. The Morgan fingerprint density at radius 2 is 1.88 bits per heavy atom. The number of hydrogen-bond donors (Lipinski definition) is 0. The van der Waals surface area contributed by atoms with E-state index in [0.717, 1.165) is 0 Å². The van der Waals surface area contributed by atoms with Crippen molar-refractivity contribution in [2.24, 2.45) is 5.41 Å². The lowest BCUT2D eigenvalue weighted by molar-refractivity contribution is 0.303. The molecule has 0 spiro atoms. The summed E-state index contributed by atoms with van der Waals surface area (Å²) in [7, 11) is 2.24. The van der Waals surface area contributed by atoms with Gasteiger partial charge in [0, 0.05) is 19.3 Å². The molecule has 1 aromatic carbocycles. The molecular weight excluding hydrogens is 206 g/mol. The van der Waals surface area contributed by atoms with Gasteiger partial charge in [-0.25, -0.2) is 0 Å². The molecule has 0 radical (unpaired) electrons. The second-order valence-electron chi connectivity index (χ2n) is 6.16. The van der Waals surface area contributed by atoms with Crippen LogP contribution >= 0.6 is 0 Å². The summed E-state index contributed by atoms with van der Waals surface area (Å²) < 4.78 is 0. The van der Waals surface area contributed by atoms with Crippen molar-refractivity contribution in [2.45, 2.75) is 47.5 Å². The van der Waals surface area contributed by atoms with Crippen molar-refractivity contribution in [2.75, 3.05) is 18.5 Å². The van der Waals surface area contributed by atoms with Gasteiger partial charge in [0.15, 0.2) is 0 Å². The Balaban J connectivity index is 2.60. The Kier molecular flexibility index (Phi) is 2.97. The molecule has 0 bridgehead atoms. The maximum atomic E-state index is 2.46. The fraction of sp³-hybridized carbons (Fsp3) is 0.625. The van der Waals surface area contributed by atoms with Gasteiger partial charge in [0.05, 0.1) is 0 Å². The molecule has 1 heterocycles. The average Bonchev–Trinajstić information content (AvgIpc) is 2.25. The van der Waals surface area contributed by atoms with Crippen LogP contribution in [0, 0.1) is 26.2 Å². The molecule has 0 aromatic heterocycles. The van der Waals surface area contributed by atoms with Crippen LogP contribution in [0.1, 0.15) is 42.5 Å². The van der Waals surface area contributed by atoms with Gasteiger partial charge in [-0.1, -0.05) is 19.9 Å². The zero-order valence-corrected chi connectivity index (χ0v) is 12.1. The molecule has 0 aliphatic carbocycles. The van der Waals surface area contributed by atoms with Crippen LogP contribution in [0.5, 0.6) is 0 Å². The van der Waals surface area contributed by atoms with Crippen LogP contribution in [0.25, 0.3) is 0 Å². The summed E-state index contributed by atoms with van der Waals surface area (Å²) in [5.74, 6) is 0. The monoisotopic (exact) mass is 231 g/mol. The molecule has 0 amide bonds. The first-order valence-electron chi connectivity index (χ1n) is 6.69. The molecule has 1 aromatic rings. The zero-order valence-electron chi connectivity index (χ0n) is 12.1. The van der Waals surface area contributed by atoms with Crippen molar-refractivity contribution < 1.29 is 0 Å². The predicted molar refractivity (Wildman–Crippen MR) is 76.0 cm³/mol. The Hall–Kier alpha value is -0.980. The van der Waals surface area contributed by atoms with E-state index >= 15 is 0 Å². The largest absolute Gasteiger partial charge is 0.374 e. The molecule has 1 nitrogen and oxygen atoms in total. The molecule has 0 saturated carbocycles. The fourth-order valence-electron chi connectivity index (χ4n) is 3.27. The standard InChI is InChI=1S/C16H25N/c1-7-16(5)9-14-13(4)11(2)8-12(3)15(14)17(6)10-16/h8H,7,9-10H2,1-6H3. The second kappa shape index (κ2) is 4.04. The highest BCUT2D eigenvalue weighted by Crippen LogP contribution is 2.41. The van der Waals surface area contributed by atoms with Crippen LogP contribution in [0.3, 0.4) is 0 Å². The minimum Gasteiger partial charge on any atom is -0.374 e. The van der Waals surface area contributed by atoms with Crippen LogP contribution in [0.15, 0.2) is 6.07 Å². The second-order valence-corrected chi connectivity index (χ2v) is 6.16. The van der Waals surface area contributed by atoms with Gasteiger partial charge in [-0.2, -0.15) is 0 Å². The van der Waals surface area contributed by atoms with Crippen LogP contribution in [0.2, 0.25) is 0 Å². The molecule has 94 valence electrons. The molecule has 17 heavy (non-hydrogen) atoms.